The third-order valence-electron chi connectivity index (χ3n) is 9.94. The van der Waals surface area contributed by atoms with Crippen molar-refractivity contribution in [2.75, 3.05) is 21.3 Å². The molecule has 0 atom stereocenters. The number of aldehydes is 1. The van der Waals surface area contributed by atoms with Crippen LogP contribution in [0.1, 0.15) is 108 Å². The first-order valence-corrected chi connectivity index (χ1v) is 21.3. The fourth-order valence-electron chi connectivity index (χ4n) is 6.66. The van der Waals surface area contributed by atoms with E-state index >= 15 is 0 Å². The second kappa shape index (κ2) is 25.9. The van der Waals surface area contributed by atoms with Gasteiger partial charge in [-0.2, -0.15) is 0 Å². The van der Waals surface area contributed by atoms with Crippen LogP contribution >= 0.6 is 22.6 Å². The Morgan fingerprint density at radius 1 is 0.677 bits per heavy atom. The van der Waals surface area contributed by atoms with Gasteiger partial charge in [-0.15, -0.1) is 0 Å². The summed E-state index contributed by atoms with van der Waals surface area (Å²) in [7, 11) is 4.90. The third kappa shape index (κ3) is 15.9. The number of Topliss-reactive ketones (excluding diaryl/α,β-unsaturated/α-hetero) is 2. The number of phenolic OH excluding ortho intramolecular Hbond substituents is 1. The topological polar surface area (TPSA) is 157 Å². The number of methoxy groups -OCH3 is 3. The zero-order chi connectivity index (χ0) is 45.8. The molecule has 0 bridgehead atoms. The number of hydrogen-bond donors (Lipinski definition) is 3. The van der Waals surface area contributed by atoms with E-state index in [-0.39, 0.29) is 30.3 Å². The molecule has 0 fully saturated rings. The fraction of sp³-hybridized carbons (Fsp3) is 0.294. The van der Waals surface area contributed by atoms with Crippen molar-refractivity contribution in [3.05, 3.63) is 156 Å². The van der Waals surface area contributed by atoms with E-state index in [2.05, 4.69) is 28.7 Å². The van der Waals surface area contributed by atoms with Gasteiger partial charge in [0.15, 0.2) is 11.6 Å². The molecule has 2 aliphatic carbocycles. The van der Waals surface area contributed by atoms with Crippen LogP contribution in [0.3, 0.4) is 0 Å². The average Bonchev–Trinajstić information content (AvgIpc) is 3.25. The number of aliphatic carboxylic acids is 1. The van der Waals surface area contributed by atoms with Gasteiger partial charge in [-0.25, -0.2) is 0 Å². The van der Waals surface area contributed by atoms with Gasteiger partial charge in [0, 0.05) is 29.5 Å². The molecule has 2 aliphatic rings. The van der Waals surface area contributed by atoms with Gasteiger partial charge in [-0.1, -0.05) is 60.2 Å². The van der Waals surface area contributed by atoms with Crippen LogP contribution in [0.4, 0.5) is 0 Å². The molecule has 328 valence electrons. The van der Waals surface area contributed by atoms with Crippen LogP contribution in [0.25, 0.3) is 6.08 Å². The highest BCUT2D eigenvalue weighted by Gasteiger charge is 2.19. The first kappa shape index (κ1) is 50.6. The Hall–Kier alpha value is -5.79. The van der Waals surface area contributed by atoms with Gasteiger partial charge < -0.3 is 29.5 Å². The number of ketones is 2. The number of aryl methyl sites for hydroxylation is 6. The molecule has 5 aromatic carbocycles. The zero-order valence-corrected chi connectivity index (χ0v) is 38.7. The Labute approximate surface area is 378 Å². The Balaban J connectivity index is 0.000000208. The number of aliphatic hydroxyl groups excluding tert-OH is 1. The average molecular weight is 957 g/mol. The van der Waals surface area contributed by atoms with E-state index in [0.717, 1.165) is 103 Å². The molecule has 0 saturated heterocycles. The van der Waals surface area contributed by atoms with E-state index in [1.807, 2.05) is 94.4 Å². The largest absolute Gasteiger partial charge is 0.508 e. The fourth-order valence-corrected chi connectivity index (χ4v) is 7.46. The number of aliphatic hydroxyl groups is 1. The van der Waals surface area contributed by atoms with E-state index in [0.29, 0.717) is 18.4 Å². The summed E-state index contributed by atoms with van der Waals surface area (Å²) in [4.78, 5) is 43.5. The monoisotopic (exact) mass is 956 g/mol. The summed E-state index contributed by atoms with van der Waals surface area (Å²) in [6.45, 7) is 7.87. The van der Waals surface area contributed by atoms with Crippen molar-refractivity contribution >= 4 is 52.5 Å². The number of carboxylic acids is 1. The van der Waals surface area contributed by atoms with Crippen LogP contribution in [-0.4, -0.2) is 60.5 Å². The maximum absolute atomic E-state index is 11.6. The number of aromatic hydroxyl groups is 1. The number of carboxylic acid groups (broad SMARTS) is 1. The van der Waals surface area contributed by atoms with Crippen LogP contribution in [0.2, 0.25) is 0 Å². The summed E-state index contributed by atoms with van der Waals surface area (Å²) >= 11 is 2.17. The van der Waals surface area contributed by atoms with Gasteiger partial charge >= 0.3 is 5.97 Å². The molecular weight excluding hydrogens is 899 g/mol. The van der Waals surface area contributed by atoms with Crippen LogP contribution in [0.5, 0.6) is 23.0 Å². The Bertz CT molecular complexity index is 2350. The van der Waals surface area contributed by atoms with Gasteiger partial charge in [0.25, 0.3) is 0 Å². The quantitative estimate of drug-likeness (QED) is 0.101. The summed E-state index contributed by atoms with van der Waals surface area (Å²) in [5.74, 6) is 2.33. The first-order valence-electron chi connectivity index (χ1n) is 20.2. The van der Waals surface area contributed by atoms with Crippen molar-refractivity contribution in [1.82, 2.24) is 0 Å². The first-order chi connectivity index (χ1) is 29.6. The number of rotatable bonds is 8. The SMILES string of the molecule is COc1cc2c(cc1C)CCCC2=O.COc1ccc(/C=C/CC(=O)O)cc1C.COc1ccc(CO)cc1I.Cc1cc2c(cc1O)C(=O)CCC2.Cc1cccc(C=O)c1. The smallest absolute Gasteiger partial charge is 0.307 e. The van der Waals surface area contributed by atoms with Crippen molar-refractivity contribution in [2.24, 2.45) is 0 Å². The molecule has 11 heteroatoms. The number of halogens is 1. The molecule has 7 rings (SSSR count). The van der Waals surface area contributed by atoms with E-state index in [1.165, 1.54) is 5.56 Å². The lowest BCUT2D eigenvalue weighted by atomic mass is 9.89. The van der Waals surface area contributed by atoms with E-state index in [1.54, 1.807) is 45.6 Å². The highest BCUT2D eigenvalue weighted by molar-refractivity contribution is 14.1. The summed E-state index contributed by atoms with van der Waals surface area (Å²) < 4.78 is 16.4. The van der Waals surface area contributed by atoms with Crippen LogP contribution in [0, 0.1) is 31.3 Å². The second-order valence-corrected chi connectivity index (χ2v) is 15.9. The summed E-state index contributed by atoms with van der Waals surface area (Å²) in [5, 5.41) is 26.7. The lowest BCUT2D eigenvalue weighted by Crippen LogP contribution is -2.11. The second-order valence-electron chi connectivity index (χ2n) is 14.7. The molecule has 62 heavy (non-hydrogen) atoms. The molecule has 10 nitrogen and oxygen atoms in total. The normalized spacial score (nSPS) is 12.3. The van der Waals surface area contributed by atoms with E-state index < -0.39 is 5.97 Å². The van der Waals surface area contributed by atoms with E-state index in [4.69, 9.17) is 24.4 Å². The van der Waals surface area contributed by atoms with Crippen molar-refractivity contribution < 1.29 is 48.7 Å². The minimum Gasteiger partial charge on any atom is -0.508 e. The standard InChI is InChI=1S/C12H14O3.C12H14O2.C11H12O2.C8H9IO2.C8H8O/c1-9-8-10(4-3-5-12(13)14)6-7-11(9)15-2;1-8-6-9-4-3-5-11(13)10(9)7-12(8)14-2;1-7-5-8-3-2-4-10(12)9(8)6-11(7)13;1-11-8-3-2-6(5-10)4-7(8)9;1-7-3-2-4-8(5-7)6-9/h3-4,6-8H,5H2,1-2H3,(H,13,14);6-7H,3-5H2,1-2H3;5-6,13H,2-4H2,1H3;2-4,10H,5H2,1H3;2-6H,1H3/b4-3+;;;;. The van der Waals surface area contributed by atoms with Gasteiger partial charge in [0.1, 0.15) is 29.3 Å². The Morgan fingerprint density at radius 2 is 1.26 bits per heavy atom. The summed E-state index contributed by atoms with van der Waals surface area (Å²) in [6, 6.07) is 26.3. The number of benzene rings is 5. The molecule has 0 saturated carbocycles. The van der Waals surface area contributed by atoms with Crippen molar-refractivity contribution in [3.8, 4) is 23.0 Å². The zero-order valence-electron chi connectivity index (χ0n) is 36.5. The molecule has 0 spiro atoms. The lowest BCUT2D eigenvalue weighted by Gasteiger charge is -2.16. The summed E-state index contributed by atoms with van der Waals surface area (Å²) in [5.41, 5.74) is 10.6. The predicted molar refractivity (Wildman–Crippen MR) is 252 cm³/mol. The van der Waals surface area contributed by atoms with Crippen LogP contribution in [0.15, 0.2) is 91.0 Å². The number of carbonyl (C=O) groups is 4. The molecule has 0 radical (unpaired) electrons. The number of carbonyl (C=O) groups excluding carboxylic acids is 3. The predicted octanol–water partition coefficient (Wildman–Crippen LogP) is 10.8. The number of fused-ring (bicyclic) bond motifs is 2. The van der Waals surface area contributed by atoms with Gasteiger partial charge in [-0.3, -0.25) is 19.2 Å². The van der Waals surface area contributed by atoms with Crippen molar-refractivity contribution in [2.45, 2.75) is 79.2 Å². The molecule has 5 aromatic rings. The Morgan fingerprint density at radius 3 is 1.77 bits per heavy atom. The minimum atomic E-state index is -0.823. The summed E-state index contributed by atoms with van der Waals surface area (Å²) in [6.07, 6.45) is 9.53. The highest BCUT2D eigenvalue weighted by atomic mass is 127. The van der Waals surface area contributed by atoms with E-state index in [9.17, 15) is 24.3 Å². The number of ether oxygens (including phenoxy) is 3. The molecule has 3 N–H and O–H groups in total. The van der Waals surface area contributed by atoms with Crippen LogP contribution in [-0.2, 0) is 24.2 Å². The number of phenols is 1. The molecule has 0 aliphatic heterocycles. The van der Waals surface area contributed by atoms with Crippen molar-refractivity contribution in [1.29, 1.82) is 0 Å². The van der Waals surface area contributed by atoms with Gasteiger partial charge in [0.05, 0.1) is 37.9 Å². The minimum absolute atomic E-state index is 0.0467. The Kier molecular flexibility index (Phi) is 21.1. The molecule has 0 unspecified atom stereocenters. The molecule has 0 amide bonds. The van der Waals surface area contributed by atoms with Crippen LogP contribution < -0.4 is 14.2 Å². The maximum Gasteiger partial charge on any atom is 0.307 e. The van der Waals surface area contributed by atoms with Gasteiger partial charge in [-0.05, 0) is 157 Å². The molecule has 0 aromatic heterocycles. The molecule has 0 heterocycles. The van der Waals surface area contributed by atoms with Crippen molar-refractivity contribution in [3.63, 3.8) is 0 Å². The third-order valence-corrected chi connectivity index (χ3v) is 10.8. The molecular formula is C51H57IO10. The number of hydrogen-bond acceptors (Lipinski definition) is 9. The highest BCUT2D eigenvalue weighted by Crippen LogP contribution is 2.29. The lowest BCUT2D eigenvalue weighted by molar-refractivity contribution is -0.136. The van der Waals surface area contributed by atoms with Gasteiger partial charge in [0.2, 0.25) is 0 Å². The maximum atomic E-state index is 11.6.